The van der Waals surface area contributed by atoms with E-state index in [0.717, 1.165) is 33.3 Å². The predicted molar refractivity (Wildman–Crippen MR) is 154 cm³/mol. The van der Waals surface area contributed by atoms with Gasteiger partial charge >= 0.3 is 12.2 Å². The first-order valence-electron chi connectivity index (χ1n) is 13.4. The van der Waals surface area contributed by atoms with Gasteiger partial charge in [-0.1, -0.05) is 60.7 Å². The van der Waals surface area contributed by atoms with Gasteiger partial charge in [0.15, 0.2) is 0 Å². The van der Waals surface area contributed by atoms with Crippen molar-refractivity contribution in [3.63, 3.8) is 0 Å². The molecule has 2 heterocycles. The number of aliphatic hydroxyl groups excluding tert-OH is 1. The maximum Gasteiger partial charge on any atom is 0.407 e. The second-order valence-corrected chi connectivity index (χ2v) is 11.5. The topological polar surface area (TPSA) is 112 Å². The minimum absolute atomic E-state index is 0.129. The summed E-state index contributed by atoms with van der Waals surface area (Å²) in [4.78, 5) is 25.4. The van der Waals surface area contributed by atoms with E-state index in [-0.39, 0.29) is 30.3 Å². The smallest absolute Gasteiger partial charge is 0.407 e. The van der Waals surface area contributed by atoms with Crippen LogP contribution < -0.4 is 16.0 Å². The van der Waals surface area contributed by atoms with Gasteiger partial charge in [0, 0.05) is 33.3 Å². The molecule has 2 fully saturated rings. The standard InChI is InChI=1S/C21H26N2O2.C8H16N2O2.CH4O/c1-21(2,3)25-20(24)22-18-14-23(15-18)19(16-10-6-4-7-11-16)17-12-8-5-9-13-17;1-8(2,3)12-7(11)10-6-4-9-5-6;1-2/h4-13,18-19H,14-15H2,1-3H3,(H,22,24);6,9H,4-5H2,1-3H3,(H,10,11);2H,1H3. The lowest BCUT2D eigenvalue weighted by Crippen LogP contribution is -2.60. The van der Waals surface area contributed by atoms with Crippen LogP contribution in [-0.4, -0.2) is 78.8 Å². The van der Waals surface area contributed by atoms with Gasteiger partial charge in [-0.25, -0.2) is 9.59 Å². The van der Waals surface area contributed by atoms with E-state index in [0.29, 0.717) is 0 Å². The molecule has 9 heteroatoms. The molecule has 0 spiro atoms. The zero-order chi connectivity index (χ0) is 29.1. The molecule has 39 heavy (non-hydrogen) atoms. The molecule has 0 aliphatic carbocycles. The zero-order valence-corrected chi connectivity index (χ0v) is 24.4. The van der Waals surface area contributed by atoms with Crippen LogP contribution in [-0.2, 0) is 9.47 Å². The van der Waals surface area contributed by atoms with E-state index in [1.165, 1.54) is 11.1 Å². The Morgan fingerprint density at radius 2 is 1.15 bits per heavy atom. The van der Waals surface area contributed by atoms with E-state index in [4.69, 9.17) is 14.6 Å². The minimum atomic E-state index is -0.468. The van der Waals surface area contributed by atoms with E-state index >= 15 is 0 Å². The summed E-state index contributed by atoms with van der Waals surface area (Å²) >= 11 is 0. The molecule has 9 nitrogen and oxygen atoms in total. The number of amides is 2. The normalized spacial score (nSPS) is 15.8. The maximum atomic E-state index is 11.9. The maximum absolute atomic E-state index is 11.9. The van der Waals surface area contributed by atoms with Crippen molar-refractivity contribution in [1.82, 2.24) is 20.9 Å². The molecule has 2 aromatic carbocycles. The summed E-state index contributed by atoms with van der Waals surface area (Å²) in [6.45, 7) is 14.5. The summed E-state index contributed by atoms with van der Waals surface area (Å²) in [5.74, 6) is 0. The van der Waals surface area contributed by atoms with Crippen LogP contribution in [0.25, 0.3) is 0 Å². The molecule has 0 radical (unpaired) electrons. The lowest BCUT2D eigenvalue weighted by atomic mass is 9.93. The summed E-state index contributed by atoms with van der Waals surface area (Å²) in [6.07, 6.45) is -0.665. The van der Waals surface area contributed by atoms with Crippen molar-refractivity contribution >= 4 is 12.2 Å². The summed E-state index contributed by atoms with van der Waals surface area (Å²) in [5.41, 5.74) is 1.67. The summed E-state index contributed by atoms with van der Waals surface area (Å²) < 4.78 is 10.4. The van der Waals surface area contributed by atoms with Gasteiger partial charge in [0.1, 0.15) is 11.2 Å². The molecule has 0 atom stereocenters. The second kappa shape index (κ2) is 14.9. The van der Waals surface area contributed by atoms with Gasteiger partial charge in [0.05, 0.1) is 18.1 Å². The van der Waals surface area contributed by atoms with Crippen LogP contribution in [0, 0.1) is 0 Å². The predicted octanol–water partition coefficient (Wildman–Crippen LogP) is 4.08. The van der Waals surface area contributed by atoms with E-state index in [1.807, 2.05) is 53.7 Å². The third-order valence-corrected chi connectivity index (χ3v) is 5.73. The molecule has 0 bridgehead atoms. The first-order valence-corrected chi connectivity index (χ1v) is 13.4. The number of hydrogen-bond donors (Lipinski definition) is 4. The molecule has 2 amide bonds. The largest absolute Gasteiger partial charge is 0.444 e. The number of nitrogens with zero attached hydrogens (tertiary/aromatic N) is 1. The van der Waals surface area contributed by atoms with Crippen LogP contribution in [0.5, 0.6) is 0 Å². The highest BCUT2D eigenvalue weighted by Gasteiger charge is 2.35. The van der Waals surface area contributed by atoms with Crippen molar-refractivity contribution in [3.8, 4) is 0 Å². The van der Waals surface area contributed by atoms with E-state index in [9.17, 15) is 9.59 Å². The monoisotopic (exact) mass is 542 g/mol. The SMILES string of the molecule is CC(C)(C)OC(=O)NC1CN(C(c2ccccc2)c2ccccc2)C1.CC(C)(C)OC(=O)NC1CNC1.CO. The third-order valence-electron chi connectivity index (χ3n) is 5.73. The van der Waals surface area contributed by atoms with Gasteiger partial charge in [-0.2, -0.15) is 0 Å². The van der Waals surface area contributed by atoms with E-state index in [1.54, 1.807) is 0 Å². The number of carbonyl (C=O) groups excluding carboxylic acids is 2. The van der Waals surface area contributed by atoms with Gasteiger partial charge in [0.25, 0.3) is 0 Å². The van der Waals surface area contributed by atoms with Gasteiger partial charge in [-0.05, 0) is 52.7 Å². The molecule has 4 N–H and O–H groups in total. The van der Waals surface area contributed by atoms with Crippen molar-refractivity contribution in [2.75, 3.05) is 33.3 Å². The average molecular weight is 543 g/mol. The van der Waals surface area contributed by atoms with Crippen LogP contribution in [0.15, 0.2) is 60.7 Å². The van der Waals surface area contributed by atoms with Crippen molar-refractivity contribution in [3.05, 3.63) is 71.8 Å². The fourth-order valence-electron chi connectivity index (χ4n) is 4.04. The number of aliphatic hydroxyl groups is 1. The number of likely N-dealkylation sites (tertiary alicyclic amines) is 1. The Bertz CT molecular complexity index is 956. The van der Waals surface area contributed by atoms with Crippen molar-refractivity contribution in [2.45, 2.75) is 70.9 Å². The molecule has 216 valence electrons. The Hall–Kier alpha value is -3.14. The van der Waals surface area contributed by atoms with Crippen LogP contribution in [0.2, 0.25) is 0 Å². The molecule has 2 aromatic rings. The summed E-state index contributed by atoms with van der Waals surface area (Å²) in [7, 11) is 1.00. The Kier molecular flexibility index (Phi) is 12.2. The minimum Gasteiger partial charge on any atom is -0.444 e. The summed E-state index contributed by atoms with van der Waals surface area (Å²) in [6, 6.07) is 21.6. The first-order chi connectivity index (χ1) is 18.4. The quantitative estimate of drug-likeness (QED) is 0.451. The molecule has 0 unspecified atom stereocenters. The Labute approximate surface area is 233 Å². The number of hydrogen-bond acceptors (Lipinski definition) is 7. The molecule has 0 saturated carbocycles. The molecule has 0 aromatic heterocycles. The Morgan fingerprint density at radius 1 is 0.769 bits per heavy atom. The fraction of sp³-hybridized carbons (Fsp3) is 0.533. The van der Waals surface area contributed by atoms with Crippen LogP contribution >= 0.6 is 0 Å². The van der Waals surface area contributed by atoms with Crippen molar-refractivity contribution < 1.29 is 24.2 Å². The fourth-order valence-corrected chi connectivity index (χ4v) is 4.04. The van der Waals surface area contributed by atoms with E-state index < -0.39 is 11.2 Å². The highest BCUT2D eigenvalue weighted by atomic mass is 16.6. The molecular formula is C30H46N4O5. The van der Waals surface area contributed by atoms with Gasteiger partial charge in [-0.15, -0.1) is 0 Å². The first kappa shape index (κ1) is 32.1. The van der Waals surface area contributed by atoms with Crippen molar-refractivity contribution in [2.24, 2.45) is 0 Å². The van der Waals surface area contributed by atoms with Crippen molar-refractivity contribution in [1.29, 1.82) is 0 Å². The molecule has 2 aliphatic rings. The number of carbonyl (C=O) groups is 2. The zero-order valence-electron chi connectivity index (χ0n) is 24.4. The second-order valence-electron chi connectivity index (χ2n) is 11.5. The average Bonchev–Trinajstić information content (AvgIpc) is 2.81. The number of nitrogens with one attached hydrogen (secondary N) is 3. The summed E-state index contributed by atoms with van der Waals surface area (Å²) in [5, 5.41) is 15.8. The van der Waals surface area contributed by atoms with E-state index in [2.05, 4.69) is 69.4 Å². The Morgan fingerprint density at radius 3 is 1.49 bits per heavy atom. The van der Waals surface area contributed by atoms with Crippen LogP contribution in [0.1, 0.15) is 58.7 Å². The lowest BCUT2D eigenvalue weighted by molar-refractivity contribution is 0.0355. The number of alkyl carbamates (subject to hydrolysis) is 2. The number of benzene rings is 2. The lowest BCUT2D eigenvalue weighted by Gasteiger charge is -2.45. The van der Waals surface area contributed by atoms with Crippen LogP contribution in [0.4, 0.5) is 9.59 Å². The highest BCUT2D eigenvalue weighted by Crippen LogP contribution is 2.32. The van der Waals surface area contributed by atoms with Gasteiger partial charge in [0.2, 0.25) is 0 Å². The van der Waals surface area contributed by atoms with Gasteiger partial charge < -0.3 is 30.5 Å². The molecule has 2 aliphatic heterocycles. The Balaban J connectivity index is 0.000000320. The third kappa shape index (κ3) is 11.6. The molecular weight excluding hydrogens is 496 g/mol. The number of rotatable bonds is 5. The molecule has 2 saturated heterocycles. The van der Waals surface area contributed by atoms with Crippen LogP contribution in [0.3, 0.4) is 0 Å². The number of ether oxygens (including phenoxy) is 2. The highest BCUT2D eigenvalue weighted by molar-refractivity contribution is 5.68. The molecule has 4 rings (SSSR count). The van der Waals surface area contributed by atoms with Gasteiger partial charge in [-0.3, -0.25) is 4.90 Å².